The summed E-state index contributed by atoms with van der Waals surface area (Å²) in [6, 6.07) is 7.79. The van der Waals surface area contributed by atoms with E-state index < -0.39 is 11.5 Å². The molecule has 2 rings (SSSR count). The van der Waals surface area contributed by atoms with Gasteiger partial charge in [-0.25, -0.2) is 0 Å². The Labute approximate surface area is 106 Å². The summed E-state index contributed by atoms with van der Waals surface area (Å²) in [6.45, 7) is 3.73. The fraction of sp³-hybridized carbons (Fsp3) is 0.462. The third-order valence-electron chi connectivity index (χ3n) is 3.07. The van der Waals surface area contributed by atoms with Crippen LogP contribution in [0.1, 0.15) is 12.5 Å². The number of rotatable bonds is 3. The van der Waals surface area contributed by atoms with E-state index in [4.69, 9.17) is 15.6 Å². The Morgan fingerprint density at radius 1 is 1.56 bits per heavy atom. The highest BCUT2D eigenvalue weighted by molar-refractivity contribution is 5.78. The summed E-state index contributed by atoms with van der Waals surface area (Å²) in [4.78, 5) is 13.1. The molecular weight excluding hydrogens is 232 g/mol. The van der Waals surface area contributed by atoms with Crippen LogP contribution in [0, 0.1) is 0 Å². The molecule has 1 aromatic carbocycles. The van der Waals surface area contributed by atoms with Crippen molar-refractivity contribution >= 4 is 5.97 Å². The summed E-state index contributed by atoms with van der Waals surface area (Å²) < 4.78 is 5.62. The van der Waals surface area contributed by atoms with Crippen molar-refractivity contribution in [2.45, 2.75) is 19.0 Å². The first kappa shape index (κ1) is 12.9. The van der Waals surface area contributed by atoms with Gasteiger partial charge in [0.25, 0.3) is 0 Å². The number of hydrogen-bond acceptors (Lipinski definition) is 4. The molecule has 0 saturated heterocycles. The van der Waals surface area contributed by atoms with Gasteiger partial charge < -0.3 is 15.6 Å². The van der Waals surface area contributed by atoms with Crippen LogP contribution in [-0.2, 0) is 11.3 Å². The Balaban J connectivity index is 2.11. The van der Waals surface area contributed by atoms with Crippen molar-refractivity contribution in [3.8, 4) is 5.75 Å². The van der Waals surface area contributed by atoms with Crippen LogP contribution in [0.25, 0.3) is 0 Å². The van der Waals surface area contributed by atoms with Gasteiger partial charge in [0.15, 0.2) is 0 Å². The van der Waals surface area contributed by atoms with E-state index in [0.29, 0.717) is 26.2 Å². The number of aliphatic carboxylic acids is 1. The van der Waals surface area contributed by atoms with E-state index in [0.717, 1.165) is 11.3 Å². The number of ether oxygens (including phenoxy) is 1. The second-order valence-electron chi connectivity index (χ2n) is 4.89. The zero-order chi connectivity index (χ0) is 13.2. The molecule has 1 aromatic rings. The molecule has 1 heterocycles. The molecule has 0 spiro atoms. The molecule has 18 heavy (non-hydrogen) atoms. The Hall–Kier alpha value is -1.59. The molecule has 0 bridgehead atoms. The van der Waals surface area contributed by atoms with Crippen LogP contribution in [-0.4, -0.2) is 41.2 Å². The number of nitrogens with zero attached hydrogens (tertiary/aromatic N) is 1. The number of nitrogens with two attached hydrogens (primary N) is 1. The first-order valence-electron chi connectivity index (χ1n) is 5.94. The maximum Gasteiger partial charge on any atom is 0.324 e. The predicted octanol–water partition coefficient (Wildman–Crippen LogP) is 0.683. The van der Waals surface area contributed by atoms with E-state index in [2.05, 4.69) is 0 Å². The van der Waals surface area contributed by atoms with Crippen molar-refractivity contribution in [2.24, 2.45) is 5.73 Å². The second-order valence-corrected chi connectivity index (χ2v) is 4.89. The number of para-hydroxylation sites is 1. The SMILES string of the molecule is CC(N)(CN1CCOc2ccccc2C1)C(=O)O. The van der Waals surface area contributed by atoms with Crippen LogP contribution in [0.5, 0.6) is 5.75 Å². The van der Waals surface area contributed by atoms with E-state index in [1.807, 2.05) is 29.2 Å². The molecule has 3 N–H and O–H groups in total. The zero-order valence-electron chi connectivity index (χ0n) is 10.4. The minimum atomic E-state index is -1.24. The van der Waals surface area contributed by atoms with Gasteiger partial charge in [-0.05, 0) is 13.0 Å². The van der Waals surface area contributed by atoms with E-state index >= 15 is 0 Å². The first-order chi connectivity index (χ1) is 8.49. The average Bonchev–Trinajstić information content (AvgIpc) is 2.49. The number of carboxylic acid groups (broad SMARTS) is 1. The highest BCUT2D eigenvalue weighted by Crippen LogP contribution is 2.23. The monoisotopic (exact) mass is 250 g/mol. The molecule has 5 heteroatoms. The topological polar surface area (TPSA) is 75.8 Å². The lowest BCUT2D eigenvalue weighted by molar-refractivity contribution is -0.143. The molecule has 0 aromatic heterocycles. The molecule has 0 radical (unpaired) electrons. The lowest BCUT2D eigenvalue weighted by Gasteiger charge is -2.28. The third-order valence-corrected chi connectivity index (χ3v) is 3.07. The van der Waals surface area contributed by atoms with Gasteiger partial charge in [0.1, 0.15) is 17.9 Å². The van der Waals surface area contributed by atoms with Crippen molar-refractivity contribution in [3.63, 3.8) is 0 Å². The number of fused-ring (bicyclic) bond motifs is 1. The molecule has 1 aliphatic heterocycles. The molecule has 0 saturated carbocycles. The predicted molar refractivity (Wildman–Crippen MR) is 67.4 cm³/mol. The summed E-state index contributed by atoms with van der Waals surface area (Å²) in [6.07, 6.45) is 0. The van der Waals surface area contributed by atoms with Crippen molar-refractivity contribution in [3.05, 3.63) is 29.8 Å². The third kappa shape index (κ3) is 2.80. The van der Waals surface area contributed by atoms with E-state index in [1.165, 1.54) is 6.92 Å². The van der Waals surface area contributed by atoms with Gasteiger partial charge in [-0.1, -0.05) is 18.2 Å². The largest absolute Gasteiger partial charge is 0.492 e. The second kappa shape index (κ2) is 4.96. The molecular formula is C13H18N2O3. The van der Waals surface area contributed by atoms with Gasteiger partial charge in [-0.3, -0.25) is 9.69 Å². The molecule has 1 unspecified atom stereocenters. The van der Waals surface area contributed by atoms with Gasteiger partial charge in [0.2, 0.25) is 0 Å². The first-order valence-corrected chi connectivity index (χ1v) is 5.94. The molecule has 1 atom stereocenters. The lowest BCUT2D eigenvalue weighted by atomic mass is 10.0. The van der Waals surface area contributed by atoms with Crippen molar-refractivity contribution in [2.75, 3.05) is 19.7 Å². The molecule has 5 nitrogen and oxygen atoms in total. The summed E-state index contributed by atoms with van der Waals surface area (Å²) >= 11 is 0. The minimum Gasteiger partial charge on any atom is -0.492 e. The Bertz CT molecular complexity index is 446. The van der Waals surface area contributed by atoms with Crippen LogP contribution in [0.2, 0.25) is 0 Å². The standard InChI is InChI=1S/C13H18N2O3/c1-13(14,12(16)17)9-15-6-7-18-11-5-3-2-4-10(11)8-15/h2-5H,6-9,14H2,1H3,(H,16,17). The van der Waals surface area contributed by atoms with E-state index in [9.17, 15) is 4.79 Å². The molecule has 0 amide bonds. The number of hydrogen-bond donors (Lipinski definition) is 2. The summed E-state index contributed by atoms with van der Waals surface area (Å²) in [5.41, 5.74) is 5.61. The summed E-state index contributed by atoms with van der Waals surface area (Å²) in [5, 5.41) is 9.05. The van der Waals surface area contributed by atoms with Crippen LogP contribution >= 0.6 is 0 Å². The van der Waals surface area contributed by atoms with Crippen molar-refractivity contribution < 1.29 is 14.6 Å². The summed E-state index contributed by atoms with van der Waals surface area (Å²) in [7, 11) is 0. The van der Waals surface area contributed by atoms with Gasteiger partial charge in [-0.15, -0.1) is 0 Å². The Morgan fingerprint density at radius 3 is 3.00 bits per heavy atom. The number of benzene rings is 1. The highest BCUT2D eigenvalue weighted by Gasteiger charge is 2.31. The maximum absolute atomic E-state index is 11.0. The quantitative estimate of drug-likeness (QED) is 0.825. The lowest BCUT2D eigenvalue weighted by Crippen LogP contribution is -2.53. The van der Waals surface area contributed by atoms with Crippen molar-refractivity contribution in [1.82, 2.24) is 4.90 Å². The van der Waals surface area contributed by atoms with E-state index in [1.54, 1.807) is 0 Å². The highest BCUT2D eigenvalue weighted by atomic mass is 16.5. The fourth-order valence-electron chi connectivity index (χ4n) is 2.05. The van der Waals surface area contributed by atoms with Crippen LogP contribution < -0.4 is 10.5 Å². The number of carboxylic acids is 1. The average molecular weight is 250 g/mol. The van der Waals surface area contributed by atoms with Crippen LogP contribution in [0.3, 0.4) is 0 Å². The number of carbonyl (C=O) groups is 1. The Kier molecular flexibility index (Phi) is 3.54. The maximum atomic E-state index is 11.0. The van der Waals surface area contributed by atoms with E-state index in [-0.39, 0.29) is 0 Å². The molecule has 1 aliphatic rings. The smallest absolute Gasteiger partial charge is 0.324 e. The normalized spacial score (nSPS) is 19.2. The molecule has 0 aliphatic carbocycles. The van der Waals surface area contributed by atoms with Gasteiger partial charge in [0.05, 0.1) is 0 Å². The summed E-state index contributed by atoms with van der Waals surface area (Å²) in [5.74, 6) is -0.116. The van der Waals surface area contributed by atoms with Gasteiger partial charge in [-0.2, -0.15) is 0 Å². The van der Waals surface area contributed by atoms with Crippen LogP contribution in [0.15, 0.2) is 24.3 Å². The Morgan fingerprint density at radius 2 is 2.28 bits per heavy atom. The van der Waals surface area contributed by atoms with Gasteiger partial charge >= 0.3 is 5.97 Å². The minimum absolute atomic E-state index is 0.306. The molecule has 0 fully saturated rings. The fourth-order valence-corrected chi connectivity index (χ4v) is 2.05. The van der Waals surface area contributed by atoms with Crippen molar-refractivity contribution in [1.29, 1.82) is 0 Å². The van der Waals surface area contributed by atoms with Crippen LogP contribution in [0.4, 0.5) is 0 Å². The molecule has 98 valence electrons. The van der Waals surface area contributed by atoms with Gasteiger partial charge in [0, 0.05) is 25.2 Å². The zero-order valence-corrected chi connectivity index (χ0v) is 10.4.